The van der Waals surface area contributed by atoms with Gasteiger partial charge in [-0.3, -0.25) is 4.79 Å². The molecule has 0 aliphatic carbocycles. The number of nitrogens with one attached hydrogen (secondary N) is 1. The van der Waals surface area contributed by atoms with Crippen molar-refractivity contribution >= 4 is 17.5 Å². The minimum Gasteiger partial charge on any atom is -0.494 e. The maximum absolute atomic E-state index is 13.6. The van der Waals surface area contributed by atoms with Gasteiger partial charge >= 0.3 is 0 Å². The second-order valence-electron chi connectivity index (χ2n) is 7.47. The summed E-state index contributed by atoms with van der Waals surface area (Å²) < 4.78 is 41.8. The van der Waals surface area contributed by atoms with E-state index in [1.165, 1.54) is 56.7 Å². The number of benzene rings is 2. The molecule has 3 rings (SSSR count). The number of carbonyl (C=O) groups is 1. The third-order valence-corrected chi connectivity index (χ3v) is 5.49. The molecule has 188 valence electrons. The van der Waals surface area contributed by atoms with Gasteiger partial charge in [0.2, 0.25) is 0 Å². The zero-order chi connectivity index (χ0) is 26.3. The fraction of sp³-hybridized carbons (Fsp3) is 0.231. The number of aliphatic hydroxyl groups is 1. The molecule has 2 aromatic carbocycles. The Morgan fingerprint density at radius 3 is 2.50 bits per heavy atom. The van der Waals surface area contributed by atoms with Gasteiger partial charge in [-0.1, -0.05) is 17.5 Å². The number of nitrogens with zero attached hydrogens (tertiary/aromatic N) is 1. The van der Waals surface area contributed by atoms with Crippen molar-refractivity contribution in [3.63, 3.8) is 0 Å². The van der Waals surface area contributed by atoms with Gasteiger partial charge in [-0.15, -0.1) is 6.42 Å². The molecule has 10 heteroatoms. The van der Waals surface area contributed by atoms with Crippen LogP contribution in [0.25, 0.3) is 11.3 Å². The van der Waals surface area contributed by atoms with Crippen LogP contribution in [0, 0.1) is 18.2 Å². The molecule has 0 aliphatic heterocycles. The first kappa shape index (κ1) is 26.7. The number of terminal acetylenes is 1. The molecule has 1 atom stereocenters. The maximum Gasteiger partial charge on any atom is 0.251 e. The van der Waals surface area contributed by atoms with E-state index in [0.29, 0.717) is 11.3 Å². The Morgan fingerprint density at radius 1 is 1.14 bits per heavy atom. The molecule has 0 bridgehead atoms. The number of alkyl halides is 1. The summed E-state index contributed by atoms with van der Waals surface area (Å²) in [5.41, 5.74) is -1.04. The molecule has 1 amide bonds. The van der Waals surface area contributed by atoms with Gasteiger partial charge in [0.1, 0.15) is 30.5 Å². The van der Waals surface area contributed by atoms with Crippen molar-refractivity contribution in [1.29, 1.82) is 0 Å². The van der Waals surface area contributed by atoms with Crippen molar-refractivity contribution in [2.45, 2.75) is 5.60 Å². The largest absolute Gasteiger partial charge is 0.494 e. The van der Waals surface area contributed by atoms with Crippen LogP contribution in [0.15, 0.2) is 48.5 Å². The summed E-state index contributed by atoms with van der Waals surface area (Å²) in [4.78, 5) is 17.2. The quantitative estimate of drug-likeness (QED) is 0.393. The van der Waals surface area contributed by atoms with Crippen molar-refractivity contribution in [2.75, 3.05) is 34.0 Å². The van der Waals surface area contributed by atoms with Gasteiger partial charge in [0.15, 0.2) is 17.1 Å². The van der Waals surface area contributed by atoms with Gasteiger partial charge in [-0.25, -0.2) is 13.8 Å². The lowest BCUT2D eigenvalue weighted by Crippen LogP contribution is -2.40. The molecule has 1 unspecified atom stereocenters. The fourth-order valence-electron chi connectivity index (χ4n) is 3.29. The summed E-state index contributed by atoms with van der Waals surface area (Å²) >= 11 is 5.91. The average molecular weight is 517 g/mol. The van der Waals surface area contributed by atoms with Crippen LogP contribution in [0.4, 0.5) is 8.78 Å². The van der Waals surface area contributed by atoms with Crippen LogP contribution in [0.3, 0.4) is 0 Å². The molecular formula is C26H23ClF2N2O5. The molecule has 0 aliphatic rings. The lowest BCUT2D eigenvalue weighted by molar-refractivity contribution is 0.0774. The average Bonchev–Trinajstić information content (AvgIpc) is 2.91. The lowest BCUT2D eigenvalue weighted by atomic mass is 9.98. The SMILES string of the molecule is C#CC(O)(CNC(=O)c1ccc(OCCF)c(OC)c1)c1ccc(OC)c(-c2ccc(F)c(Cl)c2)n1. The van der Waals surface area contributed by atoms with Crippen LogP contribution >= 0.6 is 11.6 Å². The molecule has 1 heterocycles. The normalized spacial score (nSPS) is 12.2. The number of methoxy groups -OCH3 is 2. The highest BCUT2D eigenvalue weighted by Gasteiger charge is 2.31. The Balaban J connectivity index is 1.85. The number of amides is 1. The topological polar surface area (TPSA) is 89.9 Å². The number of hydrogen-bond acceptors (Lipinski definition) is 6. The number of pyridine rings is 1. The number of halogens is 3. The van der Waals surface area contributed by atoms with Crippen molar-refractivity contribution in [3.05, 3.63) is 70.6 Å². The van der Waals surface area contributed by atoms with Crippen LogP contribution in [0.5, 0.6) is 17.2 Å². The van der Waals surface area contributed by atoms with Gasteiger partial charge in [0.05, 0.1) is 31.5 Å². The smallest absolute Gasteiger partial charge is 0.251 e. The third-order valence-electron chi connectivity index (χ3n) is 5.20. The van der Waals surface area contributed by atoms with Crippen LogP contribution in [0.2, 0.25) is 5.02 Å². The van der Waals surface area contributed by atoms with Gasteiger partial charge in [0, 0.05) is 11.1 Å². The van der Waals surface area contributed by atoms with Crippen LogP contribution in [-0.2, 0) is 5.60 Å². The summed E-state index contributed by atoms with van der Waals surface area (Å²) in [5.74, 6) is 1.97. The summed E-state index contributed by atoms with van der Waals surface area (Å²) in [7, 11) is 2.82. The van der Waals surface area contributed by atoms with Gasteiger partial charge < -0.3 is 24.6 Å². The fourth-order valence-corrected chi connectivity index (χ4v) is 3.47. The predicted molar refractivity (Wildman–Crippen MR) is 131 cm³/mol. The molecule has 7 nitrogen and oxygen atoms in total. The molecule has 1 aromatic heterocycles. The molecule has 36 heavy (non-hydrogen) atoms. The van der Waals surface area contributed by atoms with Crippen LogP contribution in [0.1, 0.15) is 16.1 Å². The van der Waals surface area contributed by atoms with Crippen LogP contribution < -0.4 is 19.5 Å². The molecule has 2 N–H and O–H groups in total. The first-order valence-corrected chi connectivity index (χ1v) is 11.0. The zero-order valence-corrected chi connectivity index (χ0v) is 20.2. The number of aromatic nitrogens is 1. The minimum absolute atomic E-state index is 0.0501. The van der Waals surface area contributed by atoms with E-state index in [4.69, 9.17) is 32.2 Å². The highest BCUT2D eigenvalue weighted by atomic mass is 35.5. The Bertz CT molecular complexity index is 1300. The van der Waals surface area contributed by atoms with Crippen molar-refractivity contribution in [2.24, 2.45) is 0 Å². The Labute approximate surface area is 212 Å². The summed E-state index contributed by atoms with van der Waals surface area (Å²) in [6.45, 7) is -1.21. The van der Waals surface area contributed by atoms with E-state index >= 15 is 0 Å². The highest BCUT2D eigenvalue weighted by molar-refractivity contribution is 6.31. The Hall–Kier alpha value is -3.87. The summed E-state index contributed by atoms with van der Waals surface area (Å²) in [5, 5.41) is 13.6. The number of rotatable bonds is 10. The van der Waals surface area contributed by atoms with E-state index in [9.17, 15) is 18.7 Å². The van der Waals surface area contributed by atoms with Crippen molar-refractivity contribution < 1.29 is 32.9 Å². The van der Waals surface area contributed by atoms with E-state index in [0.717, 1.165) is 0 Å². The third kappa shape index (κ3) is 5.85. The van der Waals surface area contributed by atoms with E-state index in [2.05, 4.69) is 16.2 Å². The maximum atomic E-state index is 13.6. The van der Waals surface area contributed by atoms with Gasteiger partial charge in [-0.05, 0) is 48.5 Å². The second-order valence-corrected chi connectivity index (χ2v) is 7.87. The number of carbonyl (C=O) groups excluding carboxylic acids is 1. The molecule has 0 saturated heterocycles. The van der Waals surface area contributed by atoms with Crippen LogP contribution in [-0.4, -0.2) is 50.0 Å². The highest BCUT2D eigenvalue weighted by Crippen LogP contribution is 2.33. The molecule has 0 radical (unpaired) electrons. The second kappa shape index (κ2) is 11.7. The molecule has 3 aromatic rings. The predicted octanol–water partition coefficient (Wildman–Crippen LogP) is 4.16. The zero-order valence-electron chi connectivity index (χ0n) is 19.5. The summed E-state index contributed by atoms with van der Waals surface area (Å²) in [6, 6.07) is 11.4. The molecule has 0 fully saturated rings. The lowest BCUT2D eigenvalue weighted by Gasteiger charge is -2.23. The Kier molecular flexibility index (Phi) is 8.69. The minimum atomic E-state index is -1.99. The number of ether oxygens (including phenoxy) is 3. The van der Waals surface area contributed by atoms with Crippen molar-refractivity contribution in [1.82, 2.24) is 10.3 Å². The summed E-state index contributed by atoms with van der Waals surface area (Å²) in [6.07, 6.45) is 5.62. The van der Waals surface area contributed by atoms with E-state index in [1.807, 2.05) is 0 Å². The van der Waals surface area contributed by atoms with E-state index < -0.39 is 24.0 Å². The van der Waals surface area contributed by atoms with Crippen molar-refractivity contribution in [3.8, 4) is 40.8 Å². The van der Waals surface area contributed by atoms with E-state index in [-0.39, 0.29) is 46.6 Å². The van der Waals surface area contributed by atoms with E-state index in [1.54, 1.807) is 6.07 Å². The molecule has 0 spiro atoms. The standard InChI is InChI=1S/C26H23ClF2N2O5/c1-4-26(33,15-30-25(32)17-6-8-20(36-12-11-28)22(14-17)35-3)23-10-9-21(34-2)24(31-23)16-5-7-19(29)18(27)13-16/h1,5-10,13-14,33H,11-12,15H2,2-3H3,(H,30,32). The van der Waals surface area contributed by atoms with Gasteiger partial charge in [0.25, 0.3) is 5.91 Å². The van der Waals surface area contributed by atoms with Gasteiger partial charge in [-0.2, -0.15) is 0 Å². The number of hydrogen-bond donors (Lipinski definition) is 2. The Morgan fingerprint density at radius 2 is 1.86 bits per heavy atom. The monoisotopic (exact) mass is 516 g/mol. The first-order valence-electron chi connectivity index (χ1n) is 10.6. The molecule has 0 saturated carbocycles. The molecular weight excluding hydrogens is 494 g/mol. The first-order chi connectivity index (χ1) is 17.3.